The van der Waals surface area contributed by atoms with E-state index in [1.807, 2.05) is 6.92 Å². The minimum Gasteiger partial charge on any atom is -0.466 e. The van der Waals surface area contributed by atoms with Crippen molar-refractivity contribution in [2.75, 3.05) is 13.7 Å². The summed E-state index contributed by atoms with van der Waals surface area (Å²) in [6.45, 7) is 3.97. The zero-order chi connectivity index (χ0) is 16.4. The van der Waals surface area contributed by atoms with Crippen LogP contribution in [0.3, 0.4) is 0 Å². The fraction of sp³-hybridized carbons (Fsp3) is 0.333. The van der Waals surface area contributed by atoms with Crippen LogP contribution in [-0.4, -0.2) is 30.6 Å². The lowest BCUT2D eigenvalue weighted by atomic mass is 9.95. The average Bonchev–Trinajstić information content (AvgIpc) is 2.49. The van der Waals surface area contributed by atoms with Crippen molar-refractivity contribution in [3.8, 4) is 0 Å². The maximum absolute atomic E-state index is 12.2. The molecule has 0 fully saturated rings. The van der Waals surface area contributed by atoms with E-state index in [1.165, 1.54) is 12.0 Å². The molecule has 1 heterocycles. The van der Waals surface area contributed by atoms with Crippen LogP contribution < -0.4 is 5.32 Å². The number of carbonyl (C=O) groups excluding carboxylic acids is 2. The molecule has 2 rings (SSSR count). The van der Waals surface area contributed by atoms with Crippen LogP contribution in [0.4, 0.5) is 4.79 Å². The Labute approximate surface area is 138 Å². The van der Waals surface area contributed by atoms with E-state index >= 15 is 0 Å². The van der Waals surface area contributed by atoms with Crippen LogP contribution in [0, 0.1) is 0 Å². The van der Waals surface area contributed by atoms with Gasteiger partial charge in [-0.15, -0.1) is 0 Å². The SMILES string of the molecule is CCN1C(=O)N[C@H](c2cccc(Cl)c2Cl)C(C(=O)OC)=C1C. The molecule has 2 amide bonds. The third-order valence-electron chi connectivity index (χ3n) is 3.61. The molecule has 5 nitrogen and oxygen atoms in total. The van der Waals surface area contributed by atoms with Gasteiger partial charge in [-0.2, -0.15) is 0 Å². The summed E-state index contributed by atoms with van der Waals surface area (Å²) in [6, 6.07) is 4.08. The number of hydrogen-bond acceptors (Lipinski definition) is 3. The number of benzene rings is 1. The van der Waals surface area contributed by atoms with Crippen molar-refractivity contribution in [1.82, 2.24) is 10.2 Å². The van der Waals surface area contributed by atoms with Crippen LogP contribution >= 0.6 is 23.2 Å². The standard InChI is InChI=1S/C15H16Cl2N2O3/c1-4-19-8(2)11(14(20)22-3)13(18-15(19)21)9-6-5-7-10(16)12(9)17/h5-7,13H,4H2,1-3H3,(H,18,21)/t13-/m1/s1. The molecule has 1 N–H and O–H groups in total. The molecule has 0 saturated heterocycles. The van der Waals surface area contributed by atoms with Crippen LogP contribution in [0.15, 0.2) is 29.5 Å². The van der Waals surface area contributed by atoms with E-state index in [2.05, 4.69) is 5.32 Å². The first-order valence-corrected chi connectivity index (χ1v) is 7.49. The average molecular weight is 343 g/mol. The van der Waals surface area contributed by atoms with Gasteiger partial charge in [0.15, 0.2) is 0 Å². The molecular formula is C15H16Cl2N2O3. The first kappa shape index (κ1) is 16.6. The van der Waals surface area contributed by atoms with Crippen molar-refractivity contribution in [2.24, 2.45) is 0 Å². The first-order valence-electron chi connectivity index (χ1n) is 6.73. The molecule has 1 aromatic carbocycles. The molecule has 0 unspecified atom stereocenters. The molecule has 1 aromatic rings. The quantitative estimate of drug-likeness (QED) is 0.855. The normalized spacial score (nSPS) is 18.3. The number of esters is 1. The zero-order valence-corrected chi connectivity index (χ0v) is 14.0. The maximum Gasteiger partial charge on any atom is 0.337 e. The summed E-state index contributed by atoms with van der Waals surface area (Å²) in [4.78, 5) is 25.9. The van der Waals surface area contributed by atoms with Crippen molar-refractivity contribution < 1.29 is 14.3 Å². The molecule has 1 atom stereocenters. The second-order valence-electron chi connectivity index (χ2n) is 4.76. The summed E-state index contributed by atoms with van der Waals surface area (Å²) in [5.74, 6) is -0.517. The third kappa shape index (κ3) is 2.78. The Hall–Kier alpha value is -1.72. The van der Waals surface area contributed by atoms with Gasteiger partial charge in [-0.1, -0.05) is 35.3 Å². The maximum atomic E-state index is 12.2. The summed E-state index contributed by atoms with van der Waals surface area (Å²) >= 11 is 12.3. The summed E-state index contributed by atoms with van der Waals surface area (Å²) in [6.07, 6.45) is 0. The second-order valence-corrected chi connectivity index (χ2v) is 5.55. The number of halogens is 2. The van der Waals surface area contributed by atoms with E-state index in [0.717, 1.165) is 0 Å². The van der Waals surface area contributed by atoms with Crippen molar-refractivity contribution in [2.45, 2.75) is 19.9 Å². The highest BCUT2D eigenvalue weighted by Gasteiger charge is 2.36. The van der Waals surface area contributed by atoms with Crippen LogP contribution in [0.25, 0.3) is 0 Å². The molecule has 22 heavy (non-hydrogen) atoms. The number of hydrogen-bond donors (Lipinski definition) is 1. The van der Waals surface area contributed by atoms with E-state index in [4.69, 9.17) is 27.9 Å². The number of urea groups is 1. The number of methoxy groups -OCH3 is 1. The van der Waals surface area contributed by atoms with E-state index in [1.54, 1.807) is 25.1 Å². The fourth-order valence-corrected chi connectivity index (χ4v) is 2.93. The highest BCUT2D eigenvalue weighted by molar-refractivity contribution is 6.42. The monoisotopic (exact) mass is 342 g/mol. The first-order chi connectivity index (χ1) is 10.4. The molecule has 0 spiro atoms. The van der Waals surface area contributed by atoms with Crippen LogP contribution in [-0.2, 0) is 9.53 Å². The molecule has 1 aliphatic rings. The van der Waals surface area contributed by atoms with Gasteiger partial charge in [0.25, 0.3) is 0 Å². The Balaban J connectivity index is 2.63. The van der Waals surface area contributed by atoms with Crippen LogP contribution in [0.5, 0.6) is 0 Å². The largest absolute Gasteiger partial charge is 0.466 e. The highest BCUT2D eigenvalue weighted by Crippen LogP contribution is 2.37. The Kier molecular flexibility index (Phi) is 4.98. The molecule has 7 heteroatoms. The van der Waals surface area contributed by atoms with E-state index in [9.17, 15) is 9.59 Å². The van der Waals surface area contributed by atoms with Gasteiger partial charge in [0.1, 0.15) is 0 Å². The topological polar surface area (TPSA) is 58.6 Å². The van der Waals surface area contributed by atoms with Gasteiger partial charge in [0.05, 0.1) is 28.8 Å². The van der Waals surface area contributed by atoms with Crippen molar-refractivity contribution >= 4 is 35.2 Å². The predicted molar refractivity (Wildman–Crippen MR) is 84.8 cm³/mol. The Morgan fingerprint density at radius 2 is 2.09 bits per heavy atom. The minimum atomic E-state index is -0.700. The lowest BCUT2D eigenvalue weighted by molar-refractivity contribution is -0.136. The third-order valence-corrected chi connectivity index (χ3v) is 4.44. The van der Waals surface area contributed by atoms with Crippen molar-refractivity contribution in [3.05, 3.63) is 45.1 Å². The Morgan fingerprint density at radius 3 is 2.68 bits per heavy atom. The molecule has 0 saturated carbocycles. The number of rotatable bonds is 3. The number of nitrogens with zero attached hydrogens (tertiary/aromatic N) is 1. The minimum absolute atomic E-state index is 0.298. The van der Waals surface area contributed by atoms with E-state index in [-0.39, 0.29) is 6.03 Å². The molecule has 118 valence electrons. The fourth-order valence-electron chi connectivity index (χ4n) is 2.51. The lowest BCUT2D eigenvalue weighted by Gasteiger charge is -2.35. The predicted octanol–water partition coefficient (Wildman–Crippen LogP) is 3.53. The summed E-state index contributed by atoms with van der Waals surface area (Å²) in [7, 11) is 1.30. The van der Waals surface area contributed by atoms with Crippen LogP contribution in [0.2, 0.25) is 10.0 Å². The number of amides is 2. The zero-order valence-electron chi connectivity index (χ0n) is 12.4. The lowest BCUT2D eigenvalue weighted by Crippen LogP contribution is -2.47. The van der Waals surface area contributed by atoms with Crippen LogP contribution in [0.1, 0.15) is 25.5 Å². The van der Waals surface area contributed by atoms with Gasteiger partial charge in [0.2, 0.25) is 0 Å². The van der Waals surface area contributed by atoms with Gasteiger partial charge < -0.3 is 10.1 Å². The van der Waals surface area contributed by atoms with Gasteiger partial charge >= 0.3 is 12.0 Å². The summed E-state index contributed by atoms with van der Waals surface area (Å²) < 4.78 is 4.86. The van der Waals surface area contributed by atoms with E-state index < -0.39 is 12.0 Å². The van der Waals surface area contributed by atoms with Crippen molar-refractivity contribution in [3.63, 3.8) is 0 Å². The molecule has 1 aliphatic heterocycles. The molecule has 0 radical (unpaired) electrons. The van der Waals surface area contributed by atoms with Gasteiger partial charge in [0, 0.05) is 12.2 Å². The number of ether oxygens (including phenoxy) is 1. The molecule has 0 bridgehead atoms. The van der Waals surface area contributed by atoms with Gasteiger partial charge in [-0.25, -0.2) is 9.59 Å². The molecule has 0 aliphatic carbocycles. The number of carbonyl (C=O) groups is 2. The summed E-state index contributed by atoms with van der Waals surface area (Å²) in [5.41, 5.74) is 1.44. The summed E-state index contributed by atoms with van der Waals surface area (Å²) in [5, 5.41) is 3.44. The Bertz CT molecular complexity index is 658. The molecule has 0 aromatic heterocycles. The molecular weight excluding hydrogens is 327 g/mol. The number of allylic oxidation sites excluding steroid dienone is 1. The number of nitrogens with one attached hydrogen (secondary N) is 1. The van der Waals surface area contributed by atoms with Crippen molar-refractivity contribution in [1.29, 1.82) is 0 Å². The highest BCUT2D eigenvalue weighted by atomic mass is 35.5. The Morgan fingerprint density at radius 1 is 1.41 bits per heavy atom. The van der Waals surface area contributed by atoms with E-state index in [0.29, 0.717) is 33.4 Å². The smallest absolute Gasteiger partial charge is 0.337 e. The second kappa shape index (κ2) is 6.58. The van der Waals surface area contributed by atoms with Gasteiger partial charge in [-0.05, 0) is 25.5 Å². The van der Waals surface area contributed by atoms with Gasteiger partial charge in [-0.3, -0.25) is 4.90 Å².